The fraction of sp³-hybridized carbons (Fsp3) is 0.235. The van der Waals surface area contributed by atoms with Crippen LogP contribution >= 0.6 is 0 Å². The van der Waals surface area contributed by atoms with E-state index in [1.165, 1.54) is 23.5 Å². The van der Waals surface area contributed by atoms with E-state index in [1.54, 1.807) is 6.07 Å². The van der Waals surface area contributed by atoms with Crippen LogP contribution in [0.25, 0.3) is 10.9 Å². The fourth-order valence-electron chi connectivity index (χ4n) is 3.26. The third kappa shape index (κ3) is 1.79. The molecule has 0 spiro atoms. The normalized spacial score (nSPS) is 18.0. The summed E-state index contributed by atoms with van der Waals surface area (Å²) >= 11 is 0. The monoisotopic (exact) mass is 280 g/mol. The SMILES string of the molecule is C[C@H]1c2[nH]c3ccccc3c2CCN1C(=O)c1ccoc1. The Bertz CT molecular complexity index is 801. The summed E-state index contributed by atoms with van der Waals surface area (Å²) in [5.74, 6) is 0.0283. The number of nitrogens with one attached hydrogen (secondary N) is 1. The molecule has 1 atom stereocenters. The lowest BCUT2D eigenvalue weighted by Crippen LogP contribution is -2.38. The molecule has 1 aliphatic heterocycles. The van der Waals surface area contributed by atoms with Crippen molar-refractivity contribution in [1.29, 1.82) is 0 Å². The van der Waals surface area contributed by atoms with Crippen LogP contribution in [0.2, 0.25) is 0 Å². The van der Waals surface area contributed by atoms with Gasteiger partial charge in [0.15, 0.2) is 0 Å². The summed E-state index contributed by atoms with van der Waals surface area (Å²) in [6, 6.07) is 10.1. The van der Waals surface area contributed by atoms with E-state index in [2.05, 4.69) is 30.1 Å². The number of H-pyrrole nitrogens is 1. The molecular weight excluding hydrogens is 264 g/mol. The van der Waals surface area contributed by atoms with Gasteiger partial charge in [0.05, 0.1) is 17.9 Å². The highest BCUT2D eigenvalue weighted by Gasteiger charge is 2.31. The van der Waals surface area contributed by atoms with Crippen molar-refractivity contribution in [2.75, 3.05) is 6.54 Å². The molecule has 1 aliphatic rings. The second kappa shape index (κ2) is 4.52. The first-order valence-electron chi connectivity index (χ1n) is 7.18. The number of amides is 1. The average molecular weight is 280 g/mol. The Morgan fingerprint density at radius 1 is 1.33 bits per heavy atom. The lowest BCUT2D eigenvalue weighted by molar-refractivity contribution is 0.0674. The average Bonchev–Trinajstić information content (AvgIpc) is 3.15. The summed E-state index contributed by atoms with van der Waals surface area (Å²) in [5, 5.41) is 1.27. The van der Waals surface area contributed by atoms with Crippen LogP contribution in [0.5, 0.6) is 0 Å². The van der Waals surface area contributed by atoms with Crippen LogP contribution in [0.4, 0.5) is 0 Å². The number of rotatable bonds is 1. The van der Waals surface area contributed by atoms with Gasteiger partial charge in [-0.2, -0.15) is 0 Å². The third-order valence-corrected chi connectivity index (χ3v) is 4.36. The number of carbonyl (C=O) groups is 1. The minimum atomic E-state index is 0.0283. The quantitative estimate of drug-likeness (QED) is 0.741. The van der Waals surface area contributed by atoms with E-state index in [-0.39, 0.29) is 11.9 Å². The molecule has 1 aromatic carbocycles. The van der Waals surface area contributed by atoms with Gasteiger partial charge in [0, 0.05) is 23.1 Å². The van der Waals surface area contributed by atoms with Gasteiger partial charge in [0.2, 0.25) is 0 Å². The van der Waals surface area contributed by atoms with Crippen molar-refractivity contribution in [2.45, 2.75) is 19.4 Å². The number of benzene rings is 1. The Labute approximate surface area is 122 Å². The molecule has 1 N–H and O–H groups in total. The summed E-state index contributed by atoms with van der Waals surface area (Å²) in [7, 11) is 0. The highest BCUT2D eigenvalue weighted by atomic mass is 16.3. The van der Waals surface area contributed by atoms with E-state index in [1.807, 2.05) is 11.0 Å². The van der Waals surface area contributed by atoms with Crippen LogP contribution in [0, 0.1) is 0 Å². The van der Waals surface area contributed by atoms with E-state index in [0.29, 0.717) is 5.56 Å². The molecule has 1 amide bonds. The molecule has 3 heterocycles. The molecule has 0 saturated carbocycles. The number of hydrogen-bond acceptors (Lipinski definition) is 2. The molecule has 4 heteroatoms. The minimum absolute atomic E-state index is 0.0283. The zero-order chi connectivity index (χ0) is 14.4. The van der Waals surface area contributed by atoms with Crippen molar-refractivity contribution in [3.8, 4) is 0 Å². The molecule has 4 rings (SSSR count). The van der Waals surface area contributed by atoms with Gasteiger partial charge in [-0.1, -0.05) is 18.2 Å². The summed E-state index contributed by atoms with van der Waals surface area (Å²) < 4.78 is 5.02. The van der Waals surface area contributed by atoms with Gasteiger partial charge in [-0.3, -0.25) is 4.79 Å². The molecule has 0 bridgehead atoms. The fourth-order valence-corrected chi connectivity index (χ4v) is 3.26. The van der Waals surface area contributed by atoms with E-state index in [9.17, 15) is 4.79 Å². The van der Waals surface area contributed by atoms with Crippen LogP contribution < -0.4 is 0 Å². The van der Waals surface area contributed by atoms with Crippen molar-refractivity contribution < 1.29 is 9.21 Å². The van der Waals surface area contributed by atoms with Crippen LogP contribution in [0.15, 0.2) is 47.3 Å². The number of nitrogens with zero attached hydrogens (tertiary/aromatic N) is 1. The molecule has 0 radical (unpaired) electrons. The summed E-state index contributed by atoms with van der Waals surface area (Å²) in [5.41, 5.74) is 4.25. The number of fused-ring (bicyclic) bond motifs is 3. The van der Waals surface area contributed by atoms with Crippen molar-refractivity contribution in [3.05, 3.63) is 59.7 Å². The number of para-hydroxylation sites is 1. The van der Waals surface area contributed by atoms with E-state index < -0.39 is 0 Å². The summed E-state index contributed by atoms with van der Waals surface area (Å²) in [6.07, 6.45) is 3.93. The van der Waals surface area contributed by atoms with Crippen LogP contribution in [-0.2, 0) is 6.42 Å². The molecule has 2 aromatic heterocycles. The third-order valence-electron chi connectivity index (χ3n) is 4.36. The molecule has 21 heavy (non-hydrogen) atoms. The van der Waals surface area contributed by atoms with Gasteiger partial charge < -0.3 is 14.3 Å². The van der Waals surface area contributed by atoms with Gasteiger partial charge in [-0.25, -0.2) is 0 Å². The summed E-state index contributed by atoms with van der Waals surface area (Å²) in [6.45, 7) is 2.81. The second-order valence-electron chi connectivity index (χ2n) is 5.50. The maximum absolute atomic E-state index is 12.5. The molecule has 3 aromatic rings. The number of hydrogen-bond donors (Lipinski definition) is 1. The number of aromatic nitrogens is 1. The Morgan fingerprint density at radius 3 is 3.00 bits per heavy atom. The van der Waals surface area contributed by atoms with Crippen LogP contribution in [0.1, 0.15) is 34.6 Å². The Morgan fingerprint density at radius 2 is 2.19 bits per heavy atom. The number of furan rings is 1. The maximum atomic E-state index is 12.5. The van der Waals surface area contributed by atoms with Gasteiger partial charge >= 0.3 is 0 Å². The minimum Gasteiger partial charge on any atom is -0.472 e. The first-order chi connectivity index (χ1) is 10.3. The van der Waals surface area contributed by atoms with Crippen molar-refractivity contribution >= 4 is 16.8 Å². The van der Waals surface area contributed by atoms with Gasteiger partial charge in [-0.15, -0.1) is 0 Å². The topological polar surface area (TPSA) is 49.2 Å². The highest BCUT2D eigenvalue weighted by molar-refractivity contribution is 5.94. The molecule has 0 saturated heterocycles. The lowest BCUT2D eigenvalue weighted by atomic mass is 9.98. The molecule has 106 valence electrons. The largest absolute Gasteiger partial charge is 0.472 e. The number of aromatic amines is 1. The molecular formula is C17H16N2O2. The second-order valence-corrected chi connectivity index (χ2v) is 5.50. The molecule has 4 nitrogen and oxygen atoms in total. The maximum Gasteiger partial charge on any atom is 0.257 e. The Hall–Kier alpha value is -2.49. The summed E-state index contributed by atoms with van der Waals surface area (Å²) in [4.78, 5) is 17.9. The van der Waals surface area contributed by atoms with Gasteiger partial charge in [-0.05, 0) is 31.0 Å². The van der Waals surface area contributed by atoms with E-state index in [0.717, 1.165) is 24.2 Å². The van der Waals surface area contributed by atoms with Crippen LogP contribution in [0.3, 0.4) is 0 Å². The van der Waals surface area contributed by atoms with Crippen molar-refractivity contribution in [2.24, 2.45) is 0 Å². The predicted octanol–water partition coefficient (Wildman–Crippen LogP) is 3.52. The van der Waals surface area contributed by atoms with Crippen molar-refractivity contribution in [1.82, 2.24) is 9.88 Å². The first kappa shape index (κ1) is 12.3. The standard InChI is InChI=1S/C17H16N2O2/c1-11-16-14(13-4-2-3-5-15(13)18-16)6-8-19(11)17(20)12-7-9-21-10-12/h2-5,7,9-11,18H,6,8H2,1H3/t11-/m0/s1. The van der Waals surface area contributed by atoms with Crippen molar-refractivity contribution in [3.63, 3.8) is 0 Å². The predicted molar refractivity (Wildman–Crippen MR) is 80.2 cm³/mol. The van der Waals surface area contributed by atoms with Crippen LogP contribution in [-0.4, -0.2) is 22.3 Å². The highest BCUT2D eigenvalue weighted by Crippen LogP contribution is 2.34. The Balaban J connectivity index is 1.75. The smallest absolute Gasteiger partial charge is 0.257 e. The zero-order valence-electron chi connectivity index (χ0n) is 11.8. The molecule has 0 unspecified atom stereocenters. The van der Waals surface area contributed by atoms with E-state index >= 15 is 0 Å². The molecule has 0 aliphatic carbocycles. The van der Waals surface area contributed by atoms with Gasteiger partial charge in [0.1, 0.15) is 6.26 Å². The lowest BCUT2D eigenvalue weighted by Gasteiger charge is -2.33. The van der Waals surface area contributed by atoms with E-state index in [4.69, 9.17) is 4.42 Å². The number of carbonyl (C=O) groups excluding carboxylic acids is 1. The van der Waals surface area contributed by atoms with Gasteiger partial charge in [0.25, 0.3) is 5.91 Å². The molecule has 0 fully saturated rings. The first-order valence-corrected chi connectivity index (χ1v) is 7.18. The zero-order valence-corrected chi connectivity index (χ0v) is 11.8. The Kier molecular flexibility index (Phi) is 2.64.